The summed E-state index contributed by atoms with van der Waals surface area (Å²) < 4.78 is 5.29. The Hall–Kier alpha value is -2.82. The molecular formula is C21H24N2O3. The fourth-order valence-corrected chi connectivity index (χ4v) is 3.38. The van der Waals surface area contributed by atoms with Gasteiger partial charge in [-0.3, -0.25) is 9.59 Å². The van der Waals surface area contributed by atoms with Crippen molar-refractivity contribution in [3.05, 3.63) is 65.7 Å². The van der Waals surface area contributed by atoms with Gasteiger partial charge in [-0.15, -0.1) is 0 Å². The summed E-state index contributed by atoms with van der Waals surface area (Å²) in [7, 11) is 1.64. The molecule has 2 aromatic rings. The van der Waals surface area contributed by atoms with Crippen LogP contribution in [0.25, 0.3) is 0 Å². The topological polar surface area (TPSA) is 58.6 Å². The molecule has 2 amide bonds. The SMILES string of the molecule is COc1cccc(C2CCCN2C(=O)CCNC(=O)c2ccccc2)c1. The number of methoxy groups -OCH3 is 1. The summed E-state index contributed by atoms with van der Waals surface area (Å²) in [5.74, 6) is 0.727. The molecule has 0 spiro atoms. The Labute approximate surface area is 154 Å². The van der Waals surface area contributed by atoms with Crippen LogP contribution >= 0.6 is 0 Å². The molecule has 26 heavy (non-hydrogen) atoms. The van der Waals surface area contributed by atoms with Crippen LogP contribution in [0.4, 0.5) is 0 Å². The highest BCUT2D eigenvalue weighted by atomic mass is 16.5. The van der Waals surface area contributed by atoms with Crippen LogP contribution in [0.2, 0.25) is 0 Å². The zero-order chi connectivity index (χ0) is 18.4. The Bertz CT molecular complexity index is 761. The largest absolute Gasteiger partial charge is 0.497 e. The van der Waals surface area contributed by atoms with Gasteiger partial charge >= 0.3 is 0 Å². The van der Waals surface area contributed by atoms with Gasteiger partial charge in [-0.05, 0) is 42.7 Å². The Morgan fingerprint density at radius 3 is 2.73 bits per heavy atom. The van der Waals surface area contributed by atoms with Crippen molar-refractivity contribution in [1.82, 2.24) is 10.2 Å². The van der Waals surface area contributed by atoms with E-state index in [0.717, 1.165) is 30.7 Å². The molecule has 1 aliphatic rings. The second-order valence-corrected chi connectivity index (χ2v) is 6.39. The molecule has 1 N–H and O–H groups in total. The van der Waals surface area contributed by atoms with E-state index in [1.165, 1.54) is 0 Å². The molecule has 1 heterocycles. The first-order valence-electron chi connectivity index (χ1n) is 8.95. The van der Waals surface area contributed by atoms with Gasteiger partial charge in [0.1, 0.15) is 5.75 Å². The van der Waals surface area contributed by atoms with Crippen LogP contribution in [0.15, 0.2) is 54.6 Å². The molecule has 0 aromatic heterocycles. The maximum Gasteiger partial charge on any atom is 0.251 e. The van der Waals surface area contributed by atoms with Gasteiger partial charge in [-0.1, -0.05) is 30.3 Å². The standard InChI is InChI=1S/C21H24N2O3/c1-26-18-10-5-9-17(15-18)19-11-6-14-23(19)20(24)12-13-22-21(25)16-7-3-2-4-8-16/h2-5,7-10,15,19H,6,11-14H2,1H3,(H,22,25). The first-order chi connectivity index (χ1) is 12.7. The van der Waals surface area contributed by atoms with Crippen molar-refractivity contribution in [2.45, 2.75) is 25.3 Å². The van der Waals surface area contributed by atoms with Gasteiger partial charge in [0.2, 0.25) is 5.91 Å². The highest BCUT2D eigenvalue weighted by Crippen LogP contribution is 2.33. The lowest BCUT2D eigenvalue weighted by atomic mass is 10.0. The van der Waals surface area contributed by atoms with Crippen LogP contribution in [-0.2, 0) is 4.79 Å². The summed E-state index contributed by atoms with van der Waals surface area (Å²) in [5, 5.41) is 2.82. The third-order valence-corrected chi connectivity index (χ3v) is 4.71. The fraction of sp³-hybridized carbons (Fsp3) is 0.333. The zero-order valence-electron chi connectivity index (χ0n) is 15.0. The van der Waals surface area contributed by atoms with Crippen LogP contribution in [0, 0.1) is 0 Å². The van der Waals surface area contributed by atoms with E-state index in [1.54, 1.807) is 19.2 Å². The first kappa shape index (κ1) is 18.0. The summed E-state index contributed by atoms with van der Waals surface area (Å²) in [4.78, 5) is 26.6. The molecule has 2 aromatic carbocycles. The molecule has 1 saturated heterocycles. The van der Waals surface area contributed by atoms with Crippen molar-refractivity contribution in [1.29, 1.82) is 0 Å². The maximum absolute atomic E-state index is 12.6. The molecule has 5 heteroatoms. The number of nitrogens with one attached hydrogen (secondary N) is 1. The zero-order valence-corrected chi connectivity index (χ0v) is 15.0. The summed E-state index contributed by atoms with van der Waals surface area (Å²) >= 11 is 0. The number of hydrogen-bond acceptors (Lipinski definition) is 3. The van der Waals surface area contributed by atoms with Crippen molar-refractivity contribution in [2.24, 2.45) is 0 Å². The monoisotopic (exact) mass is 352 g/mol. The third kappa shape index (κ3) is 4.23. The van der Waals surface area contributed by atoms with Gasteiger partial charge in [0.05, 0.1) is 13.2 Å². The molecule has 0 bridgehead atoms. The average molecular weight is 352 g/mol. The van der Waals surface area contributed by atoms with E-state index in [4.69, 9.17) is 4.74 Å². The summed E-state index contributed by atoms with van der Waals surface area (Å²) in [6.45, 7) is 1.10. The molecule has 136 valence electrons. The van der Waals surface area contributed by atoms with Gasteiger partial charge in [-0.25, -0.2) is 0 Å². The number of carbonyl (C=O) groups is 2. The lowest BCUT2D eigenvalue weighted by Gasteiger charge is -2.25. The molecule has 1 unspecified atom stereocenters. The fourth-order valence-electron chi connectivity index (χ4n) is 3.38. The average Bonchev–Trinajstić information content (AvgIpc) is 3.18. The summed E-state index contributed by atoms with van der Waals surface area (Å²) in [6.07, 6.45) is 2.25. The van der Waals surface area contributed by atoms with Crippen LogP contribution in [-0.4, -0.2) is 36.9 Å². The highest BCUT2D eigenvalue weighted by Gasteiger charge is 2.29. The molecule has 1 aliphatic heterocycles. The summed E-state index contributed by atoms with van der Waals surface area (Å²) in [5.41, 5.74) is 1.71. The van der Waals surface area contributed by atoms with Crippen LogP contribution < -0.4 is 10.1 Å². The van der Waals surface area contributed by atoms with Gasteiger partial charge in [-0.2, -0.15) is 0 Å². The number of carbonyl (C=O) groups excluding carboxylic acids is 2. The highest BCUT2D eigenvalue weighted by molar-refractivity contribution is 5.94. The van der Waals surface area contributed by atoms with Gasteiger partial charge in [0.25, 0.3) is 5.91 Å². The van der Waals surface area contributed by atoms with Crippen LogP contribution in [0.1, 0.15) is 41.2 Å². The van der Waals surface area contributed by atoms with Crippen molar-refractivity contribution in [3.8, 4) is 5.75 Å². The van der Waals surface area contributed by atoms with E-state index in [9.17, 15) is 9.59 Å². The molecule has 3 rings (SSSR count). The quantitative estimate of drug-likeness (QED) is 0.869. The Morgan fingerprint density at radius 2 is 1.96 bits per heavy atom. The number of ether oxygens (including phenoxy) is 1. The molecule has 0 aliphatic carbocycles. The Kier molecular flexibility index (Phi) is 5.89. The first-order valence-corrected chi connectivity index (χ1v) is 8.95. The molecular weight excluding hydrogens is 328 g/mol. The van der Waals surface area contributed by atoms with E-state index >= 15 is 0 Å². The van der Waals surface area contributed by atoms with Crippen molar-refractivity contribution >= 4 is 11.8 Å². The Morgan fingerprint density at radius 1 is 1.15 bits per heavy atom. The minimum atomic E-state index is -0.149. The van der Waals surface area contributed by atoms with Gasteiger partial charge < -0.3 is 15.0 Å². The van der Waals surface area contributed by atoms with Crippen LogP contribution in [0.5, 0.6) is 5.75 Å². The molecule has 1 fully saturated rings. The number of benzene rings is 2. The minimum absolute atomic E-state index is 0.0729. The normalized spacial score (nSPS) is 16.3. The van der Waals surface area contributed by atoms with Crippen LogP contribution in [0.3, 0.4) is 0 Å². The number of hydrogen-bond donors (Lipinski definition) is 1. The lowest BCUT2D eigenvalue weighted by Crippen LogP contribution is -2.34. The van der Waals surface area contributed by atoms with Gasteiger partial charge in [0, 0.05) is 25.1 Å². The number of amides is 2. The van der Waals surface area contributed by atoms with Crippen molar-refractivity contribution in [3.63, 3.8) is 0 Å². The predicted octanol–water partition coefficient (Wildman–Crippen LogP) is 3.18. The number of likely N-dealkylation sites (tertiary alicyclic amines) is 1. The van der Waals surface area contributed by atoms with Crippen molar-refractivity contribution < 1.29 is 14.3 Å². The van der Waals surface area contributed by atoms with Crippen molar-refractivity contribution in [2.75, 3.05) is 20.2 Å². The smallest absolute Gasteiger partial charge is 0.251 e. The molecule has 0 radical (unpaired) electrons. The lowest BCUT2D eigenvalue weighted by molar-refractivity contribution is -0.132. The second-order valence-electron chi connectivity index (χ2n) is 6.39. The third-order valence-electron chi connectivity index (χ3n) is 4.71. The van der Waals surface area contributed by atoms with E-state index in [2.05, 4.69) is 5.32 Å². The minimum Gasteiger partial charge on any atom is -0.497 e. The summed E-state index contributed by atoms with van der Waals surface area (Å²) in [6, 6.07) is 17.0. The molecule has 0 saturated carbocycles. The maximum atomic E-state index is 12.6. The predicted molar refractivity (Wildman–Crippen MR) is 100 cm³/mol. The van der Waals surface area contributed by atoms with E-state index < -0.39 is 0 Å². The molecule has 5 nitrogen and oxygen atoms in total. The van der Waals surface area contributed by atoms with E-state index in [1.807, 2.05) is 47.4 Å². The van der Waals surface area contributed by atoms with E-state index in [-0.39, 0.29) is 17.9 Å². The van der Waals surface area contributed by atoms with Gasteiger partial charge in [0.15, 0.2) is 0 Å². The Balaban J connectivity index is 1.56. The van der Waals surface area contributed by atoms with E-state index in [0.29, 0.717) is 18.5 Å². The number of nitrogens with zero attached hydrogens (tertiary/aromatic N) is 1. The second kappa shape index (κ2) is 8.52. The molecule has 1 atom stereocenters. The number of rotatable bonds is 6.